The van der Waals surface area contributed by atoms with Gasteiger partial charge in [-0.3, -0.25) is 0 Å². The maximum Gasteiger partial charge on any atom is 0.152 e. The van der Waals surface area contributed by atoms with Crippen LogP contribution in [0.3, 0.4) is 0 Å². The van der Waals surface area contributed by atoms with Crippen LogP contribution >= 0.6 is 15.9 Å². The van der Waals surface area contributed by atoms with Gasteiger partial charge in [0.15, 0.2) is 9.84 Å². The lowest BCUT2D eigenvalue weighted by Crippen LogP contribution is -2.34. The Bertz CT molecular complexity index is 557. The number of rotatable bonds is 2. The molecule has 2 rings (SSSR count). The standard InChI is InChI=1S/C12H17BrN2O2S/c1-8-5-12(10(13)6-11(8)14)15-9-3-2-4-18(16,17)7-9/h5-6,9,15H,2-4,7,14H2,1H3. The van der Waals surface area contributed by atoms with Gasteiger partial charge in [-0.05, 0) is 53.4 Å². The van der Waals surface area contributed by atoms with Crippen LogP contribution in [-0.2, 0) is 9.84 Å². The largest absolute Gasteiger partial charge is 0.398 e. The molecule has 1 saturated heterocycles. The predicted molar refractivity (Wildman–Crippen MR) is 78.6 cm³/mol. The second kappa shape index (κ2) is 5.09. The molecule has 1 unspecified atom stereocenters. The highest BCUT2D eigenvalue weighted by molar-refractivity contribution is 9.10. The first-order chi connectivity index (χ1) is 8.37. The van der Waals surface area contributed by atoms with Crippen molar-refractivity contribution in [1.82, 2.24) is 0 Å². The highest BCUT2D eigenvalue weighted by Gasteiger charge is 2.25. The minimum atomic E-state index is -2.89. The van der Waals surface area contributed by atoms with E-state index in [2.05, 4.69) is 21.2 Å². The van der Waals surface area contributed by atoms with Crippen molar-refractivity contribution in [1.29, 1.82) is 0 Å². The number of aryl methyl sites for hydroxylation is 1. The molecule has 1 aromatic carbocycles. The van der Waals surface area contributed by atoms with E-state index in [9.17, 15) is 8.42 Å². The summed E-state index contributed by atoms with van der Waals surface area (Å²) in [7, 11) is -2.89. The summed E-state index contributed by atoms with van der Waals surface area (Å²) in [5.41, 5.74) is 8.43. The number of anilines is 2. The molecular weight excluding hydrogens is 316 g/mol. The van der Waals surface area contributed by atoms with Crippen LogP contribution in [0.25, 0.3) is 0 Å². The molecule has 100 valence electrons. The molecule has 0 spiro atoms. The number of nitrogens with one attached hydrogen (secondary N) is 1. The van der Waals surface area contributed by atoms with Crippen molar-refractivity contribution in [2.75, 3.05) is 22.6 Å². The molecule has 0 aromatic heterocycles. The van der Waals surface area contributed by atoms with Gasteiger partial charge in [0.2, 0.25) is 0 Å². The summed E-state index contributed by atoms with van der Waals surface area (Å²) in [5, 5.41) is 3.29. The van der Waals surface area contributed by atoms with E-state index < -0.39 is 9.84 Å². The van der Waals surface area contributed by atoms with Gasteiger partial charge in [0.05, 0.1) is 11.5 Å². The van der Waals surface area contributed by atoms with E-state index in [1.54, 1.807) is 0 Å². The van der Waals surface area contributed by atoms with Gasteiger partial charge in [-0.1, -0.05) is 0 Å². The van der Waals surface area contributed by atoms with Gasteiger partial charge in [-0.15, -0.1) is 0 Å². The first-order valence-electron chi connectivity index (χ1n) is 5.90. The quantitative estimate of drug-likeness (QED) is 0.815. The van der Waals surface area contributed by atoms with Gasteiger partial charge >= 0.3 is 0 Å². The highest BCUT2D eigenvalue weighted by Crippen LogP contribution is 2.29. The third-order valence-corrected chi connectivity index (χ3v) is 5.66. The number of sulfone groups is 1. The topological polar surface area (TPSA) is 72.2 Å². The molecule has 3 N–H and O–H groups in total. The summed E-state index contributed by atoms with van der Waals surface area (Å²) >= 11 is 3.44. The van der Waals surface area contributed by atoms with Crippen LogP contribution in [0.5, 0.6) is 0 Å². The van der Waals surface area contributed by atoms with E-state index >= 15 is 0 Å². The Morgan fingerprint density at radius 2 is 2.17 bits per heavy atom. The number of nitrogen functional groups attached to an aromatic ring is 1. The van der Waals surface area contributed by atoms with Crippen molar-refractivity contribution in [2.45, 2.75) is 25.8 Å². The number of hydrogen-bond donors (Lipinski definition) is 2. The Morgan fingerprint density at radius 3 is 2.83 bits per heavy atom. The summed E-state index contributed by atoms with van der Waals surface area (Å²) in [4.78, 5) is 0. The van der Waals surface area contributed by atoms with E-state index in [4.69, 9.17) is 5.73 Å². The number of hydrogen-bond acceptors (Lipinski definition) is 4. The van der Waals surface area contributed by atoms with Gasteiger partial charge in [0, 0.05) is 21.9 Å². The molecule has 0 amide bonds. The van der Waals surface area contributed by atoms with Crippen LogP contribution in [0.15, 0.2) is 16.6 Å². The highest BCUT2D eigenvalue weighted by atomic mass is 79.9. The van der Waals surface area contributed by atoms with Crippen LogP contribution in [0.2, 0.25) is 0 Å². The Morgan fingerprint density at radius 1 is 1.44 bits per heavy atom. The summed E-state index contributed by atoms with van der Waals surface area (Å²) in [6.07, 6.45) is 1.61. The van der Waals surface area contributed by atoms with Crippen LogP contribution in [0.1, 0.15) is 18.4 Å². The Kier molecular flexibility index (Phi) is 3.87. The molecule has 1 aliphatic heterocycles. The third-order valence-electron chi connectivity index (χ3n) is 3.18. The molecule has 0 bridgehead atoms. The molecule has 1 fully saturated rings. The summed E-state index contributed by atoms with van der Waals surface area (Å²) < 4.78 is 24.0. The van der Waals surface area contributed by atoms with Gasteiger partial charge in [0.1, 0.15) is 0 Å². The SMILES string of the molecule is Cc1cc(NC2CCCS(=O)(=O)C2)c(Br)cc1N. The molecule has 1 heterocycles. The fourth-order valence-electron chi connectivity index (χ4n) is 2.16. The van der Waals surface area contributed by atoms with Gasteiger partial charge in [0.25, 0.3) is 0 Å². The average Bonchev–Trinajstić information content (AvgIpc) is 2.24. The molecule has 0 aliphatic carbocycles. The molecular formula is C12H17BrN2O2S. The van der Waals surface area contributed by atoms with Crippen LogP contribution < -0.4 is 11.1 Å². The summed E-state index contributed by atoms with van der Waals surface area (Å²) in [5.74, 6) is 0.524. The first kappa shape index (κ1) is 13.7. The zero-order chi connectivity index (χ0) is 13.3. The van der Waals surface area contributed by atoms with Crippen molar-refractivity contribution in [3.8, 4) is 0 Å². The summed E-state index contributed by atoms with van der Waals surface area (Å²) in [6, 6.07) is 3.78. The van der Waals surface area contributed by atoms with E-state index in [1.807, 2.05) is 19.1 Å². The average molecular weight is 333 g/mol. The molecule has 1 aromatic rings. The smallest absolute Gasteiger partial charge is 0.152 e. The molecule has 1 aliphatic rings. The van der Waals surface area contributed by atoms with Gasteiger partial charge in [-0.2, -0.15) is 0 Å². The Balaban J connectivity index is 2.17. The van der Waals surface area contributed by atoms with Gasteiger partial charge < -0.3 is 11.1 Å². The van der Waals surface area contributed by atoms with Crippen molar-refractivity contribution in [3.05, 3.63) is 22.2 Å². The van der Waals surface area contributed by atoms with Gasteiger partial charge in [-0.25, -0.2) is 8.42 Å². The Hall–Kier alpha value is -0.750. The van der Waals surface area contributed by atoms with E-state index in [0.717, 1.165) is 34.3 Å². The molecule has 1 atom stereocenters. The van der Waals surface area contributed by atoms with Crippen LogP contribution in [0.4, 0.5) is 11.4 Å². The number of benzene rings is 1. The van der Waals surface area contributed by atoms with Crippen molar-refractivity contribution in [3.63, 3.8) is 0 Å². The van der Waals surface area contributed by atoms with Crippen molar-refractivity contribution in [2.24, 2.45) is 0 Å². The molecule has 0 radical (unpaired) electrons. The fraction of sp³-hybridized carbons (Fsp3) is 0.500. The van der Waals surface area contributed by atoms with E-state index in [-0.39, 0.29) is 11.8 Å². The van der Waals surface area contributed by atoms with E-state index in [0.29, 0.717) is 5.75 Å². The Labute approximate surface area is 116 Å². The van der Waals surface area contributed by atoms with E-state index in [1.165, 1.54) is 0 Å². The van der Waals surface area contributed by atoms with Crippen LogP contribution in [-0.4, -0.2) is 26.0 Å². The predicted octanol–water partition coefficient (Wildman–Crippen LogP) is 2.33. The van der Waals surface area contributed by atoms with Crippen molar-refractivity contribution < 1.29 is 8.42 Å². The fourth-order valence-corrected chi connectivity index (χ4v) is 4.28. The maximum absolute atomic E-state index is 11.6. The van der Waals surface area contributed by atoms with Crippen molar-refractivity contribution >= 4 is 37.1 Å². The lowest BCUT2D eigenvalue weighted by Gasteiger charge is -2.25. The monoisotopic (exact) mass is 332 g/mol. The molecule has 0 saturated carbocycles. The molecule has 6 heteroatoms. The molecule has 18 heavy (non-hydrogen) atoms. The summed E-state index contributed by atoms with van der Waals surface area (Å²) in [6.45, 7) is 1.94. The zero-order valence-corrected chi connectivity index (χ0v) is 12.6. The molecule has 4 nitrogen and oxygen atoms in total. The maximum atomic E-state index is 11.6. The lowest BCUT2D eigenvalue weighted by molar-refractivity contribution is 0.562. The zero-order valence-electron chi connectivity index (χ0n) is 10.2. The number of nitrogens with two attached hydrogens (primary N) is 1. The second-order valence-electron chi connectivity index (χ2n) is 4.79. The lowest BCUT2D eigenvalue weighted by atomic mass is 10.1. The minimum absolute atomic E-state index is 0.0110. The number of halogens is 1. The van der Waals surface area contributed by atoms with Crippen LogP contribution in [0, 0.1) is 6.92 Å². The first-order valence-corrected chi connectivity index (χ1v) is 8.51. The third kappa shape index (κ3) is 3.17. The second-order valence-corrected chi connectivity index (χ2v) is 7.87. The minimum Gasteiger partial charge on any atom is -0.398 e. The normalized spacial score (nSPS) is 22.7.